The van der Waals surface area contributed by atoms with E-state index in [0.717, 1.165) is 24.2 Å². The van der Waals surface area contributed by atoms with Gasteiger partial charge in [-0.3, -0.25) is 4.79 Å². The van der Waals surface area contributed by atoms with Crippen LogP contribution in [-0.4, -0.2) is 24.1 Å². The lowest BCUT2D eigenvalue weighted by Gasteiger charge is -2.20. The Labute approximate surface area is 140 Å². The summed E-state index contributed by atoms with van der Waals surface area (Å²) >= 11 is 0. The van der Waals surface area contributed by atoms with E-state index in [2.05, 4.69) is 5.32 Å². The summed E-state index contributed by atoms with van der Waals surface area (Å²) in [5.41, 5.74) is 1.49. The van der Waals surface area contributed by atoms with Crippen LogP contribution in [0.2, 0.25) is 0 Å². The van der Waals surface area contributed by atoms with Crippen molar-refractivity contribution in [3.63, 3.8) is 0 Å². The summed E-state index contributed by atoms with van der Waals surface area (Å²) in [6, 6.07) is 14.1. The molecule has 0 spiro atoms. The van der Waals surface area contributed by atoms with Crippen LogP contribution < -0.4 is 10.1 Å². The first-order valence-electron chi connectivity index (χ1n) is 7.81. The maximum absolute atomic E-state index is 12.4. The summed E-state index contributed by atoms with van der Waals surface area (Å²) in [4.78, 5) is 23.4. The maximum Gasteiger partial charge on any atom is 0.335 e. The van der Waals surface area contributed by atoms with Gasteiger partial charge in [0.25, 0.3) is 0 Å². The molecule has 2 N–H and O–H groups in total. The van der Waals surface area contributed by atoms with Crippen molar-refractivity contribution in [1.29, 1.82) is 0 Å². The highest BCUT2D eigenvalue weighted by atomic mass is 16.5. The largest absolute Gasteiger partial charge is 0.496 e. The molecule has 2 aromatic rings. The molecular formula is C19H19NO4. The zero-order chi connectivity index (χ0) is 17.2. The zero-order valence-electron chi connectivity index (χ0n) is 13.4. The quantitative estimate of drug-likeness (QED) is 0.856. The average molecular weight is 325 g/mol. The highest BCUT2D eigenvalue weighted by Crippen LogP contribution is 2.48. The molecule has 5 nitrogen and oxygen atoms in total. The monoisotopic (exact) mass is 325 g/mol. The van der Waals surface area contributed by atoms with E-state index < -0.39 is 5.97 Å². The summed E-state index contributed by atoms with van der Waals surface area (Å²) in [5.74, 6) is -0.353. The molecule has 124 valence electrons. The van der Waals surface area contributed by atoms with Gasteiger partial charge in [-0.25, -0.2) is 4.79 Å². The lowest BCUT2D eigenvalue weighted by atomic mass is 10.0. The zero-order valence-corrected chi connectivity index (χ0v) is 13.4. The first kappa shape index (κ1) is 16.1. The number of methoxy groups -OCH3 is 1. The van der Waals surface area contributed by atoms with Crippen LogP contribution in [0.25, 0.3) is 0 Å². The fourth-order valence-corrected chi connectivity index (χ4v) is 2.94. The third-order valence-electron chi connectivity index (χ3n) is 4.29. The van der Waals surface area contributed by atoms with E-state index in [1.165, 1.54) is 12.1 Å². The van der Waals surface area contributed by atoms with Gasteiger partial charge in [-0.2, -0.15) is 0 Å². The first-order chi connectivity index (χ1) is 11.5. The number of amides is 1. The molecule has 1 aliphatic carbocycles. The molecule has 0 atom stereocenters. The van der Waals surface area contributed by atoms with Crippen molar-refractivity contribution < 1.29 is 19.4 Å². The van der Waals surface area contributed by atoms with Crippen molar-refractivity contribution in [1.82, 2.24) is 5.32 Å². The van der Waals surface area contributed by atoms with Gasteiger partial charge in [-0.1, -0.05) is 30.3 Å². The number of rotatable bonds is 6. The van der Waals surface area contributed by atoms with Crippen molar-refractivity contribution in [2.45, 2.75) is 24.8 Å². The van der Waals surface area contributed by atoms with Crippen molar-refractivity contribution in [3.8, 4) is 5.75 Å². The Kier molecular flexibility index (Phi) is 4.25. The van der Waals surface area contributed by atoms with Crippen LogP contribution in [0.1, 0.15) is 34.3 Å². The number of hydrogen-bond acceptors (Lipinski definition) is 3. The predicted octanol–water partition coefficient (Wildman–Crippen LogP) is 2.74. The molecule has 1 aliphatic rings. The molecule has 5 heteroatoms. The third kappa shape index (κ3) is 3.25. The molecule has 3 rings (SSSR count). The SMILES string of the molecule is COc1ccccc1C1(NC(=O)Cc2cccc(C(=O)O)c2)CC1. The summed E-state index contributed by atoms with van der Waals surface area (Å²) in [5, 5.41) is 12.1. The fraction of sp³-hybridized carbons (Fsp3) is 0.263. The molecule has 1 fully saturated rings. The van der Waals surface area contributed by atoms with Gasteiger partial charge in [-0.15, -0.1) is 0 Å². The average Bonchev–Trinajstić information content (AvgIpc) is 3.35. The number of carbonyl (C=O) groups excluding carboxylic acids is 1. The van der Waals surface area contributed by atoms with Gasteiger partial charge in [0.2, 0.25) is 5.91 Å². The highest BCUT2D eigenvalue weighted by Gasteiger charge is 2.47. The van der Waals surface area contributed by atoms with Gasteiger partial charge < -0.3 is 15.2 Å². The second kappa shape index (κ2) is 6.35. The van der Waals surface area contributed by atoms with Gasteiger partial charge in [0.15, 0.2) is 0 Å². The van der Waals surface area contributed by atoms with Crippen LogP contribution in [0.5, 0.6) is 5.75 Å². The number of carbonyl (C=O) groups is 2. The Morgan fingerprint density at radius 1 is 1.17 bits per heavy atom. The summed E-state index contributed by atoms with van der Waals surface area (Å²) in [7, 11) is 1.62. The number of ether oxygens (including phenoxy) is 1. The lowest BCUT2D eigenvalue weighted by molar-refractivity contribution is -0.121. The van der Waals surface area contributed by atoms with E-state index in [0.29, 0.717) is 5.56 Å². The smallest absolute Gasteiger partial charge is 0.335 e. The number of nitrogens with one attached hydrogen (secondary N) is 1. The van der Waals surface area contributed by atoms with Crippen molar-refractivity contribution in [3.05, 3.63) is 65.2 Å². The minimum atomic E-state index is -0.995. The lowest BCUT2D eigenvalue weighted by Crippen LogP contribution is -2.36. The van der Waals surface area contributed by atoms with Crippen LogP contribution in [-0.2, 0) is 16.8 Å². The van der Waals surface area contributed by atoms with Crippen molar-refractivity contribution >= 4 is 11.9 Å². The molecule has 1 saturated carbocycles. The van der Waals surface area contributed by atoms with Gasteiger partial charge in [0, 0.05) is 5.56 Å². The molecule has 0 saturated heterocycles. The Morgan fingerprint density at radius 3 is 2.58 bits per heavy atom. The van der Waals surface area contributed by atoms with Crippen LogP contribution in [0.3, 0.4) is 0 Å². The van der Waals surface area contributed by atoms with E-state index >= 15 is 0 Å². The van der Waals surface area contributed by atoms with E-state index in [4.69, 9.17) is 9.84 Å². The van der Waals surface area contributed by atoms with Crippen molar-refractivity contribution in [2.75, 3.05) is 7.11 Å². The number of hydrogen-bond donors (Lipinski definition) is 2. The molecule has 24 heavy (non-hydrogen) atoms. The number of para-hydroxylation sites is 1. The number of aromatic carboxylic acids is 1. The van der Waals surface area contributed by atoms with E-state index in [9.17, 15) is 9.59 Å². The normalized spacial score (nSPS) is 14.7. The first-order valence-corrected chi connectivity index (χ1v) is 7.81. The standard InChI is InChI=1S/C19H19NO4/c1-24-16-8-3-2-7-15(16)19(9-10-19)20-17(21)12-13-5-4-6-14(11-13)18(22)23/h2-8,11H,9-10,12H2,1H3,(H,20,21)(H,22,23). The Morgan fingerprint density at radius 2 is 1.92 bits per heavy atom. The molecule has 2 aromatic carbocycles. The fourth-order valence-electron chi connectivity index (χ4n) is 2.94. The van der Waals surface area contributed by atoms with Gasteiger partial charge >= 0.3 is 5.97 Å². The van der Waals surface area contributed by atoms with Crippen LogP contribution in [0.15, 0.2) is 48.5 Å². The van der Waals surface area contributed by atoms with Crippen molar-refractivity contribution in [2.24, 2.45) is 0 Å². The van der Waals surface area contributed by atoms with Gasteiger partial charge in [-0.05, 0) is 36.6 Å². The molecule has 0 bridgehead atoms. The Bertz CT molecular complexity index is 780. The summed E-state index contributed by atoms with van der Waals surface area (Å²) in [6.07, 6.45) is 1.89. The second-order valence-electron chi connectivity index (χ2n) is 6.01. The number of carboxylic acid groups (broad SMARTS) is 1. The Balaban J connectivity index is 1.73. The van der Waals surface area contributed by atoms with E-state index in [-0.39, 0.29) is 23.4 Å². The topological polar surface area (TPSA) is 75.6 Å². The van der Waals surface area contributed by atoms with E-state index in [1.54, 1.807) is 19.2 Å². The molecule has 0 radical (unpaired) electrons. The Hall–Kier alpha value is -2.82. The molecular weight excluding hydrogens is 306 g/mol. The summed E-state index contributed by atoms with van der Waals surface area (Å²) < 4.78 is 5.40. The van der Waals surface area contributed by atoms with Crippen LogP contribution >= 0.6 is 0 Å². The second-order valence-corrected chi connectivity index (χ2v) is 6.01. The molecule has 0 aromatic heterocycles. The van der Waals surface area contributed by atoms with Gasteiger partial charge in [0.05, 0.1) is 24.6 Å². The van der Waals surface area contributed by atoms with E-state index in [1.807, 2.05) is 24.3 Å². The van der Waals surface area contributed by atoms with Crippen LogP contribution in [0.4, 0.5) is 0 Å². The van der Waals surface area contributed by atoms with Gasteiger partial charge in [0.1, 0.15) is 5.75 Å². The van der Waals surface area contributed by atoms with Crippen LogP contribution in [0, 0.1) is 0 Å². The number of benzene rings is 2. The molecule has 0 aliphatic heterocycles. The number of carboxylic acids is 1. The third-order valence-corrected chi connectivity index (χ3v) is 4.29. The molecule has 0 heterocycles. The minimum absolute atomic E-state index is 0.124. The molecule has 0 unspecified atom stereocenters. The predicted molar refractivity (Wildman–Crippen MR) is 89.2 cm³/mol. The minimum Gasteiger partial charge on any atom is -0.496 e. The molecule has 1 amide bonds. The highest BCUT2D eigenvalue weighted by molar-refractivity contribution is 5.88. The maximum atomic E-state index is 12.4. The summed E-state index contributed by atoms with van der Waals surface area (Å²) in [6.45, 7) is 0.